The van der Waals surface area contributed by atoms with Crippen LogP contribution in [0.1, 0.15) is 37.1 Å². The first-order chi connectivity index (χ1) is 10.8. The third-order valence-corrected chi connectivity index (χ3v) is 4.11. The molecular weight excluding hydrogens is 266 g/mol. The predicted molar refractivity (Wildman–Crippen MR) is 96.7 cm³/mol. The largest absolute Gasteiger partial charge is 0.313 e. The fourth-order valence-electron chi connectivity index (χ4n) is 3.23. The summed E-state index contributed by atoms with van der Waals surface area (Å²) in [6, 6.07) is 17.5. The molecule has 0 spiro atoms. The number of aryl methyl sites for hydroxylation is 1. The molecule has 22 heavy (non-hydrogen) atoms. The van der Waals surface area contributed by atoms with Gasteiger partial charge in [0.2, 0.25) is 0 Å². The van der Waals surface area contributed by atoms with Crippen molar-refractivity contribution in [3.05, 3.63) is 71.4 Å². The highest BCUT2D eigenvalue weighted by Crippen LogP contribution is 2.33. The molecule has 0 N–H and O–H groups in total. The molecule has 2 aromatic carbocycles. The summed E-state index contributed by atoms with van der Waals surface area (Å²) in [5, 5.41) is 1.36. The van der Waals surface area contributed by atoms with Crippen molar-refractivity contribution in [2.24, 2.45) is 0 Å². The first-order valence-electron chi connectivity index (χ1n) is 8.20. The Labute approximate surface area is 132 Å². The van der Waals surface area contributed by atoms with Gasteiger partial charge < -0.3 is 4.57 Å². The smallest absolute Gasteiger partial charge is 0.0537 e. The molecule has 0 radical (unpaired) electrons. The van der Waals surface area contributed by atoms with Gasteiger partial charge >= 0.3 is 0 Å². The van der Waals surface area contributed by atoms with Gasteiger partial charge in [-0.25, -0.2) is 0 Å². The molecule has 1 aromatic heterocycles. The first-order valence-corrected chi connectivity index (χ1v) is 8.20. The summed E-state index contributed by atoms with van der Waals surface area (Å²) in [7, 11) is 0. The van der Waals surface area contributed by atoms with Gasteiger partial charge in [0.1, 0.15) is 0 Å². The Morgan fingerprint density at radius 3 is 2.59 bits per heavy atom. The Morgan fingerprint density at radius 2 is 1.77 bits per heavy atom. The van der Waals surface area contributed by atoms with Crippen molar-refractivity contribution in [2.45, 2.75) is 33.6 Å². The van der Waals surface area contributed by atoms with Crippen LogP contribution in [0.4, 0.5) is 0 Å². The van der Waals surface area contributed by atoms with Gasteiger partial charge in [0, 0.05) is 22.3 Å². The summed E-state index contributed by atoms with van der Waals surface area (Å²) in [4.78, 5) is 0. The Kier molecular flexibility index (Phi) is 4.15. The Hall–Kier alpha value is -2.28. The molecule has 0 atom stereocenters. The highest BCUT2D eigenvalue weighted by Gasteiger charge is 2.17. The van der Waals surface area contributed by atoms with E-state index in [-0.39, 0.29) is 0 Å². The van der Waals surface area contributed by atoms with Crippen LogP contribution in [0.25, 0.3) is 22.7 Å². The molecule has 4 rings (SSSR count). The standard InChI is InChI=1S/C19H17N.C2H6/c1-14-7-6-8-15(13-14)20-18-11-4-2-9-16(18)17-10-3-5-12-19(17)20;1-2/h2-4,6-11,13H,5,12H2,1H3;1-2H3. The number of aromatic nitrogens is 1. The summed E-state index contributed by atoms with van der Waals surface area (Å²) in [5.74, 6) is 0. The van der Waals surface area contributed by atoms with E-state index in [0.717, 1.165) is 12.8 Å². The first kappa shape index (κ1) is 14.6. The number of para-hydroxylation sites is 1. The zero-order valence-corrected chi connectivity index (χ0v) is 13.6. The minimum Gasteiger partial charge on any atom is -0.313 e. The van der Waals surface area contributed by atoms with Gasteiger partial charge in [-0.1, -0.05) is 56.3 Å². The minimum absolute atomic E-state index is 1.12. The van der Waals surface area contributed by atoms with Crippen molar-refractivity contribution in [1.29, 1.82) is 0 Å². The monoisotopic (exact) mass is 289 g/mol. The van der Waals surface area contributed by atoms with Gasteiger partial charge in [-0.2, -0.15) is 0 Å². The second-order valence-corrected chi connectivity index (χ2v) is 5.49. The Bertz CT molecular complexity index is 821. The molecule has 0 fully saturated rings. The summed E-state index contributed by atoms with van der Waals surface area (Å²) in [5.41, 5.74) is 6.74. The number of fused-ring (bicyclic) bond motifs is 3. The Balaban J connectivity index is 0.000000693. The number of nitrogens with zero attached hydrogens (tertiary/aromatic N) is 1. The number of hydrogen-bond acceptors (Lipinski definition) is 0. The average molecular weight is 289 g/mol. The van der Waals surface area contributed by atoms with E-state index < -0.39 is 0 Å². The van der Waals surface area contributed by atoms with Crippen LogP contribution in [-0.2, 0) is 6.42 Å². The molecule has 112 valence electrons. The third-order valence-electron chi connectivity index (χ3n) is 4.11. The third kappa shape index (κ3) is 2.37. The molecular formula is C21H23N. The molecule has 1 aliphatic rings. The lowest BCUT2D eigenvalue weighted by Crippen LogP contribution is -2.03. The van der Waals surface area contributed by atoms with Crippen LogP contribution in [0.15, 0.2) is 54.6 Å². The number of allylic oxidation sites excluding steroid dienone is 1. The molecule has 0 amide bonds. The van der Waals surface area contributed by atoms with Gasteiger partial charge in [0.05, 0.1) is 5.52 Å². The van der Waals surface area contributed by atoms with Crippen molar-refractivity contribution >= 4 is 17.0 Å². The zero-order valence-electron chi connectivity index (χ0n) is 13.6. The maximum absolute atomic E-state index is 2.43. The molecule has 1 nitrogen and oxygen atoms in total. The fraction of sp³-hybridized carbons (Fsp3) is 0.238. The summed E-state index contributed by atoms with van der Waals surface area (Å²) in [6.07, 6.45) is 6.83. The van der Waals surface area contributed by atoms with Crippen molar-refractivity contribution < 1.29 is 0 Å². The van der Waals surface area contributed by atoms with Crippen molar-refractivity contribution in [2.75, 3.05) is 0 Å². The van der Waals surface area contributed by atoms with Crippen LogP contribution in [0.2, 0.25) is 0 Å². The molecule has 1 aliphatic carbocycles. The minimum atomic E-state index is 1.12. The van der Waals surface area contributed by atoms with Gasteiger partial charge in [-0.3, -0.25) is 0 Å². The average Bonchev–Trinajstić information content (AvgIpc) is 2.91. The maximum Gasteiger partial charge on any atom is 0.0537 e. The molecule has 1 heteroatoms. The van der Waals surface area contributed by atoms with Gasteiger partial charge in [-0.05, 0) is 43.5 Å². The molecule has 0 bridgehead atoms. The molecule has 0 saturated carbocycles. The maximum atomic E-state index is 2.43. The van der Waals surface area contributed by atoms with Crippen LogP contribution in [0.5, 0.6) is 0 Å². The molecule has 0 unspecified atom stereocenters. The number of hydrogen-bond donors (Lipinski definition) is 0. The van der Waals surface area contributed by atoms with E-state index in [1.807, 2.05) is 13.8 Å². The SMILES string of the molecule is CC.Cc1cccc(-n2c3c(c4ccccc42)C=CCC3)c1. The molecule has 1 heterocycles. The highest BCUT2D eigenvalue weighted by molar-refractivity contribution is 5.93. The van der Waals surface area contributed by atoms with Crippen molar-refractivity contribution in [1.82, 2.24) is 4.57 Å². The lowest BCUT2D eigenvalue weighted by Gasteiger charge is -2.13. The van der Waals surface area contributed by atoms with Crippen LogP contribution in [-0.4, -0.2) is 4.57 Å². The molecule has 0 aliphatic heterocycles. The summed E-state index contributed by atoms with van der Waals surface area (Å²) < 4.78 is 2.43. The predicted octanol–water partition coefficient (Wildman–Crippen LogP) is 5.92. The van der Waals surface area contributed by atoms with E-state index in [0.29, 0.717) is 0 Å². The van der Waals surface area contributed by atoms with E-state index in [1.165, 1.54) is 33.4 Å². The van der Waals surface area contributed by atoms with E-state index in [1.54, 1.807) is 0 Å². The van der Waals surface area contributed by atoms with Gasteiger partial charge in [-0.15, -0.1) is 0 Å². The van der Waals surface area contributed by atoms with Crippen LogP contribution in [0, 0.1) is 6.92 Å². The van der Waals surface area contributed by atoms with Gasteiger partial charge in [0.25, 0.3) is 0 Å². The summed E-state index contributed by atoms with van der Waals surface area (Å²) >= 11 is 0. The van der Waals surface area contributed by atoms with Crippen molar-refractivity contribution in [3.8, 4) is 5.69 Å². The topological polar surface area (TPSA) is 4.93 Å². The number of rotatable bonds is 1. The Morgan fingerprint density at radius 1 is 0.955 bits per heavy atom. The quantitative estimate of drug-likeness (QED) is 0.523. The fourth-order valence-corrected chi connectivity index (χ4v) is 3.23. The van der Waals surface area contributed by atoms with Crippen LogP contribution in [0.3, 0.4) is 0 Å². The van der Waals surface area contributed by atoms with Crippen molar-refractivity contribution in [3.63, 3.8) is 0 Å². The zero-order chi connectivity index (χ0) is 15.5. The highest BCUT2D eigenvalue weighted by atomic mass is 15.0. The normalized spacial score (nSPS) is 12.7. The number of benzene rings is 2. The lowest BCUT2D eigenvalue weighted by molar-refractivity contribution is 0.888. The molecule has 0 saturated heterocycles. The molecule has 3 aromatic rings. The van der Waals surface area contributed by atoms with E-state index in [2.05, 4.69) is 72.2 Å². The van der Waals surface area contributed by atoms with E-state index in [9.17, 15) is 0 Å². The van der Waals surface area contributed by atoms with Gasteiger partial charge in [0.15, 0.2) is 0 Å². The van der Waals surface area contributed by atoms with E-state index >= 15 is 0 Å². The van der Waals surface area contributed by atoms with Crippen LogP contribution < -0.4 is 0 Å². The summed E-state index contributed by atoms with van der Waals surface area (Å²) in [6.45, 7) is 6.15. The second-order valence-electron chi connectivity index (χ2n) is 5.49. The van der Waals surface area contributed by atoms with E-state index in [4.69, 9.17) is 0 Å². The van der Waals surface area contributed by atoms with Crippen LogP contribution >= 0.6 is 0 Å². The second kappa shape index (κ2) is 6.23. The lowest BCUT2D eigenvalue weighted by atomic mass is 10.0.